The topological polar surface area (TPSA) is 88.0 Å². The van der Waals surface area contributed by atoms with E-state index in [1.807, 2.05) is 31.2 Å². The maximum Gasteiger partial charge on any atom is 0.293 e. The minimum atomic E-state index is -0.463. The Bertz CT molecular complexity index is 863. The quantitative estimate of drug-likeness (QED) is 0.608. The molecule has 0 radical (unpaired) electrons. The van der Waals surface area contributed by atoms with E-state index in [2.05, 4.69) is 10.2 Å². The zero-order valence-electron chi connectivity index (χ0n) is 16.1. The van der Waals surface area contributed by atoms with Gasteiger partial charge in [-0.2, -0.15) is 0 Å². The lowest BCUT2D eigenvalue weighted by Gasteiger charge is -2.36. The molecule has 0 bridgehead atoms. The Balaban J connectivity index is 1.69. The number of nitrogens with one attached hydrogen (secondary N) is 1. The molecule has 1 amide bonds. The lowest BCUT2D eigenvalue weighted by Crippen LogP contribution is -2.48. The normalized spacial score (nSPS) is 13.9. The second-order valence-corrected chi connectivity index (χ2v) is 6.50. The van der Waals surface area contributed by atoms with E-state index < -0.39 is 4.92 Å². The van der Waals surface area contributed by atoms with Gasteiger partial charge in [-0.15, -0.1) is 0 Å². The number of benzene rings is 2. The minimum Gasteiger partial charge on any atom is -0.497 e. The zero-order valence-corrected chi connectivity index (χ0v) is 16.1. The van der Waals surface area contributed by atoms with Crippen LogP contribution in [0, 0.1) is 10.1 Å². The van der Waals surface area contributed by atoms with Crippen molar-refractivity contribution in [1.82, 2.24) is 4.90 Å². The minimum absolute atomic E-state index is 0.0808. The number of nitrogens with zero attached hydrogens (tertiary/aromatic N) is 3. The van der Waals surface area contributed by atoms with Crippen LogP contribution in [0.4, 0.5) is 17.1 Å². The molecule has 0 unspecified atom stereocenters. The number of anilines is 2. The van der Waals surface area contributed by atoms with Crippen molar-refractivity contribution in [2.24, 2.45) is 0 Å². The molecule has 1 N–H and O–H groups in total. The van der Waals surface area contributed by atoms with E-state index in [0.29, 0.717) is 44.0 Å². The Labute approximate surface area is 163 Å². The summed E-state index contributed by atoms with van der Waals surface area (Å²) in [6.45, 7) is 4.93. The van der Waals surface area contributed by atoms with E-state index in [9.17, 15) is 14.9 Å². The van der Waals surface area contributed by atoms with Crippen LogP contribution in [0.5, 0.6) is 5.75 Å². The summed E-state index contributed by atoms with van der Waals surface area (Å²) < 4.78 is 5.27. The predicted octanol–water partition coefficient (Wildman–Crippen LogP) is 3.00. The lowest BCUT2D eigenvalue weighted by atomic mass is 10.1. The molecule has 1 saturated heterocycles. The van der Waals surface area contributed by atoms with Gasteiger partial charge < -0.3 is 19.9 Å². The van der Waals surface area contributed by atoms with Crippen molar-refractivity contribution in [1.29, 1.82) is 0 Å². The number of carbonyl (C=O) groups is 1. The first-order valence-electron chi connectivity index (χ1n) is 9.24. The summed E-state index contributed by atoms with van der Waals surface area (Å²) in [6, 6.07) is 12.4. The molecule has 28 heavy (non-hydrogen) atoms. The number of carbonyl (C=O) groups excluding carboxylic acids is 1. The lowest BCUT2D eigenvalue weighted by molar-refractivity contribution is -0.384. The Morgan fingerprint density at radius 2 is 1.93 bits per heavy atom. The molecule has 0 spiro atoms. The molecule has 1 fully saturated rings. The summed E-state index contributed by atoms with van der Waals surface area (Å²) in [6.07, 6.45) is 0. The van der Waals surface area contributed by atoms with Crippen LogP contribution in [0.1, 0.15) is 17.3 Å². The largest absolute Gasteiger partial charge is 0.497 e. The highest BCUT2D eigenvalue weighted by Crippen LogP contribution is 2.27. The van der Waals surface area contributed by atoms with Crippen LogP contribution >= 0.6 is 0 Å². The summed E-state index contributed by atoms with van der Waals surface area (Å²) in [5.41, 5.74) is 1.73. The highest BCUT2D eigenvalue weighted by atomic mass is 16.6. The number of methoxy groups -OCH3 is 1. The molecule has 0 aliphatic carbocycles. The molecule has 1 aliphatic heterocycles. The molecule has 1 heterocycles. The maximum absolute atomic E-state index is 12.8. The van der Waals surface area contributed by atoms with Crippen molar-refractivity contribution in [3.05, 3.63) is 58.1 Å². The maximum atomic E-state index is 12.8. The van der Waals surface area contributed by atoms with E-state index in [-0.39, 0.29) is 11.6 Å². The van der Waals surface area contributed by atoms with Crippen molar-refractivity contribution >= 4 is 23.0 Å². The Hall–Kier alpha value is -3.29. The molecular formula is C20H24N4O4. The van der Waals surface area contributed by atoms with Gasteiger partial charge in [-0.3, -0.25) is 14.9 Å². The molecule has 8 nitrogen and oxygen atoms in total. The highest BCUT2D eigenvalue weighted by molar-refractivity contribution is 5.96. The second kappa shape index (κ2) is 8.60. The van der Waals surface area contributed by atoms with E-state index in [1.165, 1.54) is 6.07 Å². The fraction of sp³-hybridized carbons (Fsp3) is 0.350. The van der Waals surface area contributed by atoms with Gasteiger partial charge in [0.2, 0.25) is 0 Å². The van der Waals surface area contributed by atoms with Crippen LogP contribution in [0.25, 0.3) is 0 Å². The van der Waals surface area contributed by atoms with Gasteiger partial charge in [0.05, 0.1) is 12.0 Å². The first-order valence-corrected chi connectivity index (χ1v) is 9.24. The molecule has 148 valence electrons. The van der Waals surface area contributed by atoms with Crippen molar-refractivity contribution in [3.8, 4) is 5.75 Å². The predicted molar refractivity (Wildman–Crippen MR) is 108 cm³/mol. The Morgan fingerprint density at radius 1 is 1.18 bits per heavy atom. The van der Waals surface area contributed by atoms with Crippen molar-refractivity contribution < 1.29 is 14.5 Å². The van der Waals surface area contributed by atoms with Gasteiger partial charge in [-0.25, -0.2) is 0 Å². The first-order chi connectivity index (χ1) is 13.5. The van der Waals surface area contributed by atoms with Crippen LogP contribution in [-0.4, -0.2) is 55.6 Å². The number of amides is 1. The fourth-order valence-corrected chi connectivity index (χ4v) is 3.31. The van der Waals surface area contributed by atoms with Crippen molar-refractivity contribution in [2.45, 2.75) is 6.92 Å². The molecule has 0 saturated carbocycles. The number of hydrogen-bond acceptors (Lipinski definition) is 6. The number of piperazine rings is 1. The van der Waals surface area contributed by atoms with Gasteiger partial charge in [0, 0.05) is 56.1 Å². The molecule has 2 aromatic carbocycles. The molecular weight excluding hydrogens is 360 g/mol. The standard InChI is InChI=1S/C20H24N4O4/c1-3-21-18-8-7-15(13-19(18)24(26)27)20(25)23-11-9-22(10-12-23)16-5-4-6-17(14-16)28-2/h4-8,13-14,21H,3,9-12H2,1-2H3. The van der Waals surface area contributed by atoms with Crippen LogP contribution in [-0.2, 0) is 0 Å². The van der Waals surface area contributed by atoms with E-state index >= 15 is 0 Å². The molecule has 0 atom stereocenters. The fourth-order valence-electron chi connectivity index (χ4n) is 3.31. The van der Waals surface area contributed by atoms with Gasteiger partial charge in [0.1, 0.15) is 11.4 Å². The van der Waals surface area contributed by atoms with Gasteiger partial charge in [-0.1, -0.05) is 6.07 Å². The smallest absolute Gasteiger partial charge is 0.293 e. The van der Waals surface area contributed by atoms with Crippen LogP contribution < -0.4 is 15.0 Å². The molecule has 3 rings (SSSR count). The number of rotatable bonds is 6. The van der Waals surface area contributed by atoms with Crippen LogP contribution in [0.3, 0.4) is 0 Å². The second-order valence-electron chi connectivity index (χ2n) is 6.50. The monoisotopic (exact) mass is 384 g/mol. The summed E-state index contributed by atoms with van der Waals surface area (Å²) in [7, 11) is 1.64. The molecule has 1 aliphatic rings. The van der Waals surface area contributed by atoms with Crippen LogP contribution in [0.2, 0.25) is 0 Å². The van der Waals surface area contributed by atoms with Gasteiger partial charge >= 0.3 is 0 Å². The summed E-state index contributed by atoms with van der Waals surface area (Å²) in [4.78, 5) is 27.6. The molecule has 0 aromatic heterocycles. The van der Waals surface area contributed by atoms with Crippen molar-refractivity contribution in [3.63, 3.8) is 0 Å². The zero-order chi connectivity index (χ0) is 20.1. The SMILES string of the molecule is CCNc1ccc(C(=O)N2CCN(c3cccc(OC)c3)CC2)cc1[N+](=O)[O-]. The van der Waals surface area contributed by atoms with E-state index in [4.69, 9.17) is 4.74 Å². The Morgan fingerprint density at radius 3 is 2.57 bits per heavy atom. The number of ether oxygens (including phenoxy) is 1. The van der Waals surface area contributed by atoms with E-state index in [0.717, 1.165) is 11.4 Å². The average molecular weight is 384 g/mol. The summed E-state index contributed by atoms with van der Waals surface area (Å²) >= 11 is 0. The third-order valence-corrected chi connectivity index (χ3v) is 4.79. The van der Waals surface area contributed by atoms with E-state index in [1.54, 1.807) is 24.1 Å². The highest BCUT2D eigenvalue weighted by Gasteiger charge is 2.25. The molecule has 2 aromatic rings. The van der Waals surface area contributed by atoms with Crippen LogP contribution in [0.15, 0.2) is 42.5 Å². The molecule has 8 heteroatoms. The summed E-state index contributed by atoms with van der Waals surface area (Å²) in [5, 5.41) is 14.3. The number of nitro groups is 1. The third-order valence-electron chi connectivity index (χ3n) is 4.79. The average Bonchev–Trinajstić information content (AvgIpc) is 2.73. The van der Waals surface area contributed by atoms with Gasteiger partial charge in [0.15, 0.2) is 0 Å². The number of hydrogen-bond donors (Lipinski definition) is 1. The summed E-state index contributed by atoms with van der Waals surface area (Å²) in [5.74, 6) is 0.612. The van der Waals surface area contributed by atoms with Crippen molar-refractivity contribution in [2.75, 3.05) is 50.1 Å². The Kier molecular flexibility index (Phi) is 5.98. The number of nitro benzene ring substituents is 1. The van der Waals surface area contributed by atoms with Gasteiger partial charge in [-0.05, 0) is 31.2 Å². The van der Waals surface area contributed by atoms with Gasteiger partial charge in [0.25, 0.3) is 11.6 Å². The third kappa shape index (κ3) is 4.16. The first kappa shape index (κ1) is 19.5.